The molecule has 4 nitrogen and oxygen atoms in total. The summed E-state index contributed by atoms with van der Waals surface area (Å²) < 4.78 is 0. The first-order valence-corrected chi connectivity index (χ1v) is 8.42. The summed E-state index contributed by atoms with van der Waals surface area (Å²) in [5.41, 5.74) is 3.54. The Morgan fingerprint density at radius 3 is 2.32 bits per heavy atom. The number of carbonyl (C=O) groups excluding carboxylic acids is 2. The van der Waals surface area contributed by atoms with Crippen molar-refractivity contribution in [2.45, 2.75) is 40.0 Å². The second-order valence-electron chi connectivity index (χ2n) is 7.29. The highest BCUT2D eigenvalue weighted by atomic mass is 16.2. The molecule has 2 amide bonds. The van der Waals surface area contributed by atoms with E-state index < -0.39 is 0 Å². The largest absolute Gasteiger partial charge is 0.324 e. The molecule has 132 valence electrons. The van der Waals surface area contributed by atoms with E-state index in [4.69, 9.17) is 0 Å². The number of anilines is 2. The molecule has 0 spiro atoms. The third kappa shape index (κ3) is 4.92. The predicted octanol–water partition coefficient (Wildman–Crippen LogP) is 4.28. The Morgan fingerprint density at radius 1 is 1.04 bits per heavy atom. The number of para-hydroxylation sites is 1. The van der Waals surface area contributed by atoms with Crippen molar-refractivity contribution in [2.24, 2.45) is 0 Å². The lowest BCUT2D eigenvalue weighted by Gasteiger charge is -2.24. The van der Waals surface area contributed by atoms with E-state index in [-0.39, 0.29) is 23.8 Å². The Morgan fingerprint density at radius 2 is 1.72 bits per heavy atom. The molecule has 2 rings (SSSR count). The van der Waals surface area contributed by atoms with Gasteiger partial charge in [0.05, 0.1) is 0 Å². The van der Waals surface area contributed by atoms with E-state index in [1.54, 1.807) is 0 Å². The van der Waals surface area contributed by atoms with Gasteiger partial charge in [0.1, 0.15) is 6.54 Å². The summed E-state index contributed by atoms with van der Waals surface area (Å²) in [5.74, 6) is -0.377. The van der Waals surface area contributed by atoms with Crippen LogP contribution in [0.5, 0.6) is 0 Å². The number of carbonyl (C=O) groups is 2. The van der Waals surface area contributed by atoms with Gasteiger partial charge in [0, 0.05) is 18.3 Å². The van der Waals surface area contributed by atoms with Crippen molar-refractivity contribution in [2.75, 3.05) is 16.8 Å². The number of nitrogens with one attached hydrogen (secondary N) is 1. The third-order valence-corrected chi connectivity index (χ3v) is 4.00. The van der Waals surface area contributed by atoms with Gasteiger partial charge in [-0.2, -0.15) is 0 Å². The van der Waals surface area contributed by atoms with Gasteiger partial charge in [0.15, 0.2) is 0 Å². The summed E-state index contributed by atoms with van der Waals surface area (Å²) in [6.45, 7) is 9.73. The van der Waals surface area contributed by atoms with Crippen LogP contribution >= 0.6 is 0 Å². The number of benzene rings is 2. The molecule has 0 radical (unpaired) electrons. The van der Waals surface area contributed by atoms with E-state index in [1.165, 1.54) is 11.8 Å². The van der Waals surface area contributed by atoms with Gasteiger partial charge in [0.25, 0.3) is 0 Å². The molecule has 25 heavy (non-hydrogen) atoms. The fourth-order valence-corrected chi connectivity index (χ4v) is 2.76. The van der Waals surface area contributed by atoms with E-state index in [1.807, 2.05) is 55.5 Å². The Balaban J connectivity index is 2.20. The van der Waals surface area contributed by atoms with Gasteiger partial charge in [0.2, 0.25) is 11.8 Å². The summed E-state index contributed by atoms with van der Waals surface area (Å²) in [7, 11) is 0. The van der Waals surface area contributed by atoms with Crippen molar-refractivity contribution < 1.29 is 9.59 Å². The van der Waals surface area contributed by atoms with E-state index in [9.17, 15) is 9.59 Å². The van der Waals surface area contributed by atoms with Crippen LogP contribution in [0, 0.1) is 6.92 Å². The number of hydrogen-bond donors (Lipinski definition) is 1. The molecule has 0 aliphatic heterocycles. The number of rotatable bonds is 4. The smallest absolute Gasteiger partial charge is 0.244 e. The van der Waals surface area contributed by atoms with Gasteiger partial charge in [-0.25, -0.2) is 0 Å². The van der Waals surface area contributed by atoms with Crippen LogP contribution in [0.25, 0.3) is 0 Å². The Hall–Kier alpha value is -2.62. The number of amides is 2. The van der Waals surface area contributed by atoms with Crippen LogP contribution in [-0.2, 0) is 15.0 Å². The van der Waals surface area contributed by atoms with Gasteiger partial charge < -0.3 is 10.2 Å². The van der Waals surface area contributed by atoms with Crippen molar-refractivity contribution in [3.8, 4) is 0 Å². The normalized spacial score (nSPS) is 11.1. The second kappa shape index (κ2) is 7.51. The zero-order valence-corrected chi connectivity index (χ0v) is 15.6. The van der Waals surface area contributed by atoms with E-state index >= 15 is 0 Å². The summed E-state index contributed by atoms with van der Waals surface area (Å²) in [6, 6.07) is 15.3. The molecule has 4 heteroatoms. The van der Waals surface area contributed by atoms with Gasteiger partial charge in [-0.1, -0.05) is 51.1 Å². The highest BCUT2D eigenvalue weighted by molar-refractivity contribution is 6.02. The highest BCUT2D eigenvalue weighted by Crippen LogP contribution is 2.29. The van der Waals surface area contributed by atoms with Gasteiger partial charge >= 0.3 is 0 Å². The second-order valence-corrected chi connectivity index (χ2v) is 7.29. The maximum absolute atomic E-state index is 12.6. The average Bonchev–Trinajstić information content (AvgIpc) is 2.52. The molecule has 0 saturated heterocycles. The predicted molar refractivity (Wildman–Crippen MR) is 103 cm³/mol. The topological polar surface area (TPSA) is 49.4 Å². The Bertz CT molecular complexity index is 775. The van der Waals surface area contributed by atoms with Gasteiger partial charge in [-0.3, -0.25) is 9.59 Å². The average molecular weight is 338 g/mol. The van der Waals surface area contributed by atoms with Gasteiger partial charge in [-0.15, -0.1) is 0 Å². The number of aryl methyl sites for hydroxylation is 1. The van der Waals surface area contributed by atoms with Crippen LogP contribution in [0.1, 0.15) is 38.8 Å². The fourth-order valence-electron chi connectivity index (χ4n) is 2.76. The first kappa shape index (κ1) is 18.7. The molecule has 1 N–H and O–H groups in total. The highest BCUT2D eigenvalue weighted by Gasteiger charge is 2.20. The first-order chi connectivity index (χ1) is 11.7. The Kier molecular flexibility index (Phi) is 5.62. The molecular formula is C21H26N2O2. The third-order valence-electron chi connectivity index (χ3n) is 4.00. The van der Waals surface area contributed by atoms with Crippen LogP contribution in [0.2, 0.25) is 0 Å². The molecule has 0 aliphatic rings. The molecule has 0 heterocycles. The molecule has 0 fully saturated rings. The molecular weight excluding hydrogens is 312 g/mol. The van der Waals surface area contributed by atoms with E-state index in [0.29, 0.717) is 0 Å². The maximum atomic E-state index is 12.6. The molecule has 0 atom stereocenters. The van der Waals surface area contributed by atoms with Crippen molar-refractivity contribution in [1.29, 1.82) is 0 Å². The Labute approximate surface area is 149 Å². The van der Waals surface area contributed by atoms with Crippen molar-refractivity contribution in [3.63, 3.8) is 0 Å². The van der Waals surface area contributed by atoms with Crippen LogP contribution in [0.4, 0.5) is 11.4 Å². The minimum Gasteiger partial charge on any atom is -0.324 e. The molecule has 0 saturated carbocycles. The first-order valence-electron chi connectivity index (χ1n) is 8.42. The molecule has 0 unspecified atom stereocenters. The summed E-state index contributed by atoms with van der Waals surface area (Å²) >= 11 is 0. The van der Waals surface area contributed by atoms with Crippen molar-refractivity contribution >= 4 is 23.2 Å². The van der Waals surface area contributed by atoms with Crippen LogP contribution in [-0.4, -0.2) is 18.4 Å². The lowest BCUT2D eigenvalue weighted by Crippen LogP contribution is -2.37. The minimum absolute atomic E-state index is 0.0166. The standard InChI is InChI=1S/C21H26N2O2/c1-15-9-8-10-17(13-15)23(16(2)24)14-20(25)22-19-12-7-6-11-18(19)21(3,4)5/h6-13H,14H2,1-5H3,(H,22,25). The van der Waals surface area contributed by atoms with Gasteiger partial charge in [-0.05, 0) is 41.7 Å². The van der Waals surface area contributed by atoms with Crippen molar-refractivity contribution in [1.82, 2.24) is 0 Å². The van der Waals surface area contributed by atoms with Crippen LogP contribution < -0.4 is 10.2 Å². The molecule has 2 aromatic carbocycles. The van der Waals surface area contributed by atoms with E-state index in [2.05, 4.69) is 26.1 Å². The molecule has 0 aliphatic carbocycles. The SMILES string of the molecule is CC(=O)N(CC(=O)Nc1ccccc1C(C)(C)C)c1cccc(C)c1. The zero-order chi connectivity index (χ0) is 18.6. The zero-order valence-electron chi connectivity index (χ0n) is 15.6. The van der Waals surface area contributed by atoms with Crippen LogP contribution in [0.15, 0.2) is 48.5 Å². The fraction of sp³-hybridized carbons (Fsp3) is 0.333. The molecule has 2 aromatic rings. The summed E-state index contributed by atoms with van der Waals surface area (Å²) in [6.07, 6.45) is 0. The van der Waals surface area contributed by atoms with Crippen LogP contribution in [0.3, 0.4) is 0 Å². The minimum atomic E-state index is -0.214. The lowest BCUT2D eigenvalue weighted by atomic mass is 9.86. The molecule has 0 bridgehead atoms. The lowest BCUT2D eigenvalue weighted by molar-refractivity contribution is -0.120. The number of nitrogens with zero attached hydrogens (tertiary/aromatic N) is 1. The quantitative estimate of drug-likeness (QED) is 0.904. The number of hydrogen-bond acceptors (Lipinski definition) is 2. The van der Waals surface area contributed by atoms with E-state index in [0.717, 1.165) is 22.5 Å². The monoisotopic (exact) mass is 338 g/mol. The summed E-state index contributed by atoms with van der Waals surface area (Å²) in [5, 5.41) is 2.95. The summed E-state index contributed by atoms with van der Waals surface area (Å²) in [4.78, 5) is 26.1. The molecule has 0 aromatic heterocycles. The maximum Gasteiger partial charge on any atom is 0.244 e. The van der Waals surface area contributed by atoms with Crippen molar-refractivity contribution in [3.05, 3.63) is 59.7 Å².